The first kappa shape index (κ1) is 47.9. The smallest absolute Gasteiger partial charge is 0.205 e. The van der Waals surface area contributed by atoms with Crippen LogP contribution in [0.3, 0.4) is 0 Å². The molecule has 3 fully saturated rings. The molecule has 7 heterocycles. The van der Waals surface area contributed by atoms with E-state index >= 15 is 0 Å². The number of nitrogens with two attached hydrogens (primary N) is 1. The number of rotatable bonds is 12. The molecule has 20 heteroatoms. The van der Waals surface area contributed by atoms with Crippen LogP contribution in [-0.2, 0) is 24.5 Å². The standard InChI is InChI=1S/C37H36FN5O4.C13H14FN5O4/c1-6-35(22-38)32-36(7-2,47-34(3,4)45-32)33(46-35)43-24-41-29-30(39-23-40-31(29)43)42-37(25-14-10-8-11-15-25,26-16-12-9-13-17-26)27-18-20-28(44-5)21-19-27;1-2-13(22)10(21)12(3-14,4-20)23-11(13)19-6-18-7-8(15)16-5-17-9(7)19/h2,8-21,23-24,32-33H,6,22H2,1,3-5H3,(H,39,40,42);1,5-6,10-11,20-22H,3-4H2,(H2,15,16,17)/t32-,33-,35+,36-;10-,11-,12-,13-/m11/s1. The second-order valence-electron chi connectivity index (χ2n) is 17.6. The van der Waals surface area contributed by atoms with Crippen molar-refractivity contribution in [2.75, 3.05) is 38.1 Å². The van der Waals surface area contributed by atoms with Gasteiger partial charge >= 0.3 is 0 Å². The largest absolute Gasteiger partial charge is 0.497 e. The van der Waals surface area contributed by atoms with Crippen molar-refractivity contribution >= 4 is 34.0 Å². The number of aliphatic hydroxyl groups excluding tert-OH is 2. The molecular weight excluding hydrogens is 907 g/mol. The number of terminal acetylenes is 2. The Morgan fingerprint density at radius 3 is 1.89 bits per heavy atom. The Bertz CT molecular complexity index is 3050. The molecule has 0 saturated carbocycles. The average molecular weight is 957 g/mol. The highest BCUT2D eigenvalue weighted by atomic mass is 19.1. The molecule has 0 bridgehead atoms. The summed E-state index contributed by atoms with van der Waals surface area (Å²) in [6.07, 6.45) is 12.2. The predicted octanol–water partition coefficient (Wildman–Crippen LogP) is 4.77. The van der Waals surface area contributed by atoms with Crippen LogP contribution in [0.5, 0.6) is 5.75 Å². The number of aromatic nitrogens is 8. The van der Waals surface area contributed by atoms with E-state index < -0.39 is 78.4 Å². The SMILES string of the molecule is C#C[C@@]1(O)[C@H](O)[C@](CO)(CF)O[C@H]1n1cnc2c(N)ncnc21.C#C[C@@]12OC(C)(C)O[C@@H]1[C@](CC)(CF)O[C@H]2n1cnc2c(NC(c3ccccc3)(c3ccccc3)c3ccc(OC)cc3)ncnc21. The topological polar surface area (TPSA) is 232 Å². The van der Waals surface area contributed by atoms with Gasteiger partial charge in [-0.05, 0) is 49.1 Å². The molecule has 4 aromatic heterocycles. The molecule has 362 valence electrons. The second kappa shape index (κ2) is 18.0. The number of nitrogens with zero attached hydrogens (tertiary/aromatic N) is 8. The fraction of sp³-hybridized carbons (Fsp3) is 0.360. The van der Waals surface area contributed by atoms with Gasteiger partial charge in [0.05, 0.1) is 26.4 Å². The number of anilines is 2. The summed E-state index contributed by atoms with van der Waals surface area (Å²) in [6.45, 7) is 2.44. The van der Waals surface area contributed by atoms with Gasteiger partial charge in [0.2, 0.25) is 5.60 Å². The van der Waals surface area contributed by atoms with Gasteiger partial charge in [0.25, 0.3) is 0 Å². The van der Waals surface area contributed by atoms with Gasteiger partial charge in [-0.3, -0.25) is 9.13 Å². The van der Waals surface area contributed by atoms with E-state index in [0.717, 1.165) is 22.4 Å². The number of aliphatic hydroxyl groups is 3. The van der Waals surface area contributed by atoms with E-state index in [0.29, 0.717) is 23.4 Å². The lowest BCUT2D eigenvalue weighted by atomic mass is 9.77. The van der Waals surface area contributed by atoms with Crippen molar-refractivity contribution in [3.05, 3.63) is 127 Å². The number of imidazole rings is 2. The lowest BCUT2D eigenvalue weighted by molar-refractivity contribution is -0.230. The molecule has 7 aromatic rings. The van der Waals surface area contributed by atoms with Gasteiger partial charge in [-0.25, -0.2) is 38.7 Å². The Labute approximate surface area is 400 Å². The number of hydrogen-bond acceptors (Lipinski definition) is 16. The van der Waals surface area contributed by atoms with Gasteiger partial charge in [-0.2, -0.15) is 0 Å². The van der Waals surface area contributed by atoms with E-state index in [1.54, 1.807) is 31.9 Å². The minimum absolute atomic E-state index is 0.0930. The van der Waals surface area contributed by atoms with E-state index in [-0.39, 0.29) is 17.0 Å². The Morgan fingerprint density at radius 2 is 1.33 bits per heavy atom. The van der Waals surface area contributed by atoms with Gasteiger partial charge in [-0.1, -0.05) is 91.6 Å². The maximum atomic E-state index is 14.9. The molecule has 3 aromatic carbocycles. The third-order valence-corrected chi connectivity index (χ3v) is 13.3. The zero-order valence-electron chi connectivity index (χ0n) is 38.5. The van der Waals surface area contributed by atoms with Crippen LogP contribution in [0.2, 0.25) is 0 Å². The third kappa shape index (κ3) is 7.30. The Balaban J connectivity index is 0.000000221. The summed E-state index contributed by atoms with van der Waals surface area (Å²) < 4.78 is 61.2. The summed E-state index contributed by atoms with van der Waals surface area (Å²) in [7, 11) is 1.64. The molecule has 70 heavy (non-hydrogen) atoms. The molecule has 0 unspecified atom stereocenters. The lowest BCUT2D eigenvalue weighted by Gasteiger charge is -2.37. The highest BCUT2D eigenvalue weighted by Crippen LogP contribution is 2.57. The van der Waals surface area contributed by atoms with Crippen LogP contribution in [0.15, 0.2) is 110 Å². The zero-order chi connectivity index (χ0) is 49.7. The quantitative estimate of drug-likeness (QED) is 0.0820. The normalized spacial score (nSPS) is 27.9. The van der Waals surface area contributed by atoms with Crippen LogP contribution >= 0.6 is 0 Å². The van der Waals surface area contributed by atoms with Crippen LogP contribution in [0.4, 0.5) is 20.4 Å². The molecule has 0 aliphatic carbocycles. The molecule has 3 aliphatic heterocycles. The van der Waals surface area contributed by atoms with Gasteiger partial charge < -0.3 is 50.1 Å². The first-order chi connectivity index (χ1) is 33.7. The van der Waals surface area contributed by atoms with E-state index in [1.165, 1.54) is 23.5 Å². The molecule has 0 radical (unpaired) electrons. The summed E-state index contributed by atoms with van der Waals surface area (Å²) in [6, 6.07) is 28.2. The van der Waals surface area contributed by atoms with Gasteiger partial charge in [0.1, 0.15) is 60.6 Å². The fourth-order valence-corrected chi connectivity index (χ4v) is 9.68. The molecule has 18 nitrogen and oxygen atoms in total. The van der Waals surface area contributed by atoms with Crippen molar-refractivity contribution < 1.29 is 47.8 Å². The van der Waals surface area contributed by atoms with Crippen molar-refractivity contribution in [1.82, 2.24) is 39.0 Å². The van der Waals surface area contributed by atoms with Gasteiger partial charge in [-0.15, -0.1) is 12.8 Å². The molecule has 8 atom stereocenters. The summed E-state index contributed by atoms with van der Waals surface area (Å²) >= 11 is 0. The molecular formula is C50H50F2N10O8. The maximum absolute atomic E-state index is 14.9. The summed E-state index contributed by atoms with van der Waals surface area (Å²) in [4.78, 5) is 25.9. The van der Waals surface area contributed by atoms with Crippen LogP contribution in [-0.4, -0.2) is 122 Å². The van der Waals surface area contributed by atoms with Crippen molar-refractivity contribution in [2.24, 2.45) is 0 Å². The zero-order valence-corrected chi connectivity index (χ0v) is 38.5. The van der Waals surface area contributed by atoms with E-state index in [2.05, 4.69) is 55.4 Å². The minimum Gasteiger partial charge on any atom is -0.497 e. The highest BCUT2D eigenvalue weighted by molar-refractivity contribution is 5.84. The van der Waals surface area contributed by atoms with Crippen molar-refractivity contribution in [3.8, 4) is 30.4 Å². The maximum Gasteiger partial charge on any atom is 0.205 e. The average Bonchev–Trinajstić information content (AvgIpc) is 4.19. The number of fused-ring (bicyclic) bond motifs is 3. The number of nitrogen functional groups attached to an aromatic ring is 1. The molecule has 3 aliphatic rings. The second-order valence-corrected chi connectivity index (χ2v) is 17.6. The highest BCUT2D eigenvalue weighted by Gasteiger charge is 2.72. The van der Waals surface area contributed by atoms with Crippen LogP contribution in [0.25, 0.3) is 22.3 Å². The monoisotopic (exact) mass is 956 g/mol. The van der Waals surface area contributed by atoms with E-state index in [1.807, 2.05) is 73.5 Å². The molecule has 0 spiro atoms. The summed E-state index contributed by atoms with van der Waals surface area (Å²) in [5.41, 5.74) is 1.87. The molecule has 10 rings (SSSR count). The third-order valence-electron chi connectivity index (χ3n) is 13.3. The number of benzene rings is 3. The summed E-state index contributed by atoms with van der Waals surface area (Å²) in [5, 5.41) is 34.1. The molecule has 0 amide bonds. The van der Waals surface area contributed by atoms with Crippen LogP contribution in [0.1, 0.15) is 56.3 Å². The number of alkyl halides is 2. The number of methoxy groups -OCH3 is 1. The Kier molecular flexibility index (Phi) is 12.3. The van der Waals surface area contributed by atoms with Crippen molar-refractivity contribution in [2.45, 2.75) is 85.6 Å². The fourth-order valence-electron chi connectivity index (χ4n) is 9.68. The Morgan fingerprint density at radius 1 is 0.771 bits per heavy atom. The number of nitrogens with one attached hydrogen (secondary N) is 1. The first-order valence-corrected chi connectivity index (χ1v) is 22.2. The van der Waals surface area contributed by atoms with Gasteiger partial charge in [0, 0.05) is 0 Å². The van der Waals surface area contributed by atoms with Crippen LogP contribution in [0, 0.1) is 24.7 Å². The van der Waals surface area contributed by atoms with Gasteiger partial charge in [0.15, 0.2) is 57.9 Å². The minimum atomic E-state index is -2.30. The van der Waals surface area contributed by atoms with Crippen molar-refractivity contribution in [1.29, 1.82) is 0 Å². The van der Waals surface area contributed by atoms with Crippen molar-refractivity contribution in [3.63, 3.8) is 0 Å². The Hall–Kier alpha value is -7.14. The molecule has 6 N–H and O–H groups in total. The van der Waals surface area contributed by atoms with E-state index in [4.69, 9.17) is 52.2 Å². The summed E-state index contributed by atoms with van der Waals surface area (Å²) in [5.74, 6) is 5.04. The lowest BCUT2D eigenvalue weighted by Crippen LogP contribution is -2.53. The molecule has 3 saturated heterocycles. The predicted molar refractivity (Wildman–Crippen MR) is 251 cm³/mol. The van der Waals surface area contributed by atoms with E-state index in [9.17, 15) is 24.1 Å². The number of ether oxygens (including phenoxy) is 5. The first-order valence-electron chi connectivity index (χ1n) is 22.2. The number of halogens is 2. The van der Waals surface area contributed by atoms with Crippen LogP contribution < -0.4 is 15.8 Å². The number of hydrogen-bond donors (Lipinski definition) is 5.